The summed E-state index contributed by atoms with van der Waals surface area (Å²) >= 11 is 0. The third-order valence-electron chi connectivity index (χ3n) is 8.60. The third-order valence-corrected chi connectivity index (χ3v) is 8.60. The van der Waals surface area contributed by atoms with E-state index in [1.54, 1.807) is 32.4 Å². The van der Waals surface area contributed by atoms with E-state index in [1.165, 1.54) is 36.0 Å². The standard InChI is InChI=1S/C34H43FN2O4/c1-4-37(23-24-8-13-32(30(35)18-24)41-17-16-36-14-6-5-7-15-36)31-22-34(40-3)33(39-2)21-29(31)27-10-9-26-20-28(38)12-11-25(26)19-27/h8,11-13,18,20-22,27,38H,4-7,9-10,14-17,19,23H2,1-3H3. The highest BCUT2D eigenvalue weighted by molar-refractivity contribution is 5.64. The number of likely N-dealkylation sites (tertiary alicyclic amines) is 1. The molecule has 1 saturated heterocycles. The van der Waals surface area contributed by atoms with Gasteiger partial charge in [0.2, 0.25) is 0 Å². The molecule has 0 saturated carbocycles. The van der Waals surface area contributed by atoms with E-state index >= 15 is 4.39 Å². The maximum Gasteiger partial charge on any atom is 0.165 e. The zero-order valence-corrected chi connectivity index (χ0v) is 24.6. The summed E-state index contributed by atoms with van der Waals surface area (Å²) in [6.07, 6.45) is 6.52. The normalized spacial score (nSPS) is 17.1. The maximum absolute atomic E-state index is 15.1. The van der Waals surface area contributed by atoms with Gasteiger partial charge in [-0.2, -0.15) is 0 Å². The molecule has 3 aromatic rings. The number of benzene rings is 3. The Kier molecular flexibility index (Phi) is 9.55. The molecule has 0 amide bonds. The van der Waals surface area contributed by atoms with Crippen molar-refractivity contribution in [2.75, 3.05) is 51.9 Å². The van der Waals surface area contributed by atoms with Crippen LogP contribution >= 0.6 is 0 Å². The van der Waals surface area contributed by atoms with Crippen LogP contribution in [-0.2, 0) is 19.4 Å². The fraction of sp³-hybridized carbons (Fsp3) is 0.471. The van der Waals surface area contributed by atoms with Gasteiger partial charge in [0.25, 0.3) is 0 Å². The average molecular weight is 563 g/mol. The molecular formula is C34H43FN2O4. The lowest BCUT2D eigenvalue weighted by molar-refractivity contribution is 0.180. The summed E-state index contributed by atoms with van der Waals surface area (Å²) in [5.74, 6) is 1.97. The molecule has 0 radical (unpaired) electrons. The number of piperidine rings is 1. The minimum atomic E-state index is -0.322. The Morgan fingerprint density at radius 1 is 0.927 bits per heavy atom. The molecule has 41 heavy (non-hydrogen) atoms. The van der Waals surface area contributed by atoms with Gasteiger partial charge in [-0.1, -0.05) is 18.6 Å². The molecule has 2 aliphatic rings. The van der Waals surface area contributed by atoms with Gasteiger partial charge in [0.1, 0.15) is 12.4 Å². The molecule has 0 bridgehead atoms. The van der Waals surface area contributed by atoms with Crippen molar-refractivity contribution < 1.29 is 23.7 Å². The van der Waals surface area contributed by atoms with Crippen molar-refractivity contribution in [2.45, 2.75) is 57.9 Å². The molecule has 6 nitrogen and oxygen atoms in total. The molecule has 220 valence electrons. The van der Waals surface area contributed by atoms with Crippen LogP contribution in [0, 0.1) is 5.82 Å². The van der Waals surface area contributed by atoms with Gasteiger partial charge < -0.3 is 24.2 Å². The molecule has 1 heterocycles. The Hall–Kier alpha value is -3.45. The lowest BCUT2D eigenvalue weighted by atomic mass is 9.79. The smallest absolute Gasteiger partial charge is 0.165 e. The van der Waals surface area contributed by atoms with Crippen LogP contribution in [-0.4, -0.2) is 57.0 Å². The first-order valence-electron chi connectivity index (χ1n) is 14.9. The molecule has 3 aromatic carbocycles. The fourth-order valence-electron chi connectivity index (χ4n) is 6.31. The van der Waals surface area contributed by atoms with E-state index in [0.29, 0.717) is 36.1 Å². The molecule has 7 heteroatoms. The first kappa shape index (κ1) is 29.1. The van der Waals surface area contributed by atoms with Crippen molar-refractivity contribution in [1.29, 1.82) is 0 Å². The van der Waals surface area contributed by atoms with Crippen molar-refractivity contribution >= 4 is 5.69 Å². The predicted molar refractivity (Wildman–Crippen MR) is 161 cm³/mol. The molecule has 1 atom stereocenters. The van der Waals surface area contributed by atoms with Crippen molar-refractivity contribution in [3.8, 4) is 23.0 Å². The quantitative estimate of drug-likeness (QED) is 0.280. The van der Waals surface area contributed by atoms with E-state index in [4.69, 9.17) is 14.2 Å². The van der Waals surface area contributed by atoms with E-state index in [-0.39, 0.29) is 11.7 Å². The lowest BCUT2D eigenvalue weighted by Crippen LogP contribution is -2.33. The van der Waals surface area contributed by atoms with E-state index in [9.17, 15) is 5.11 Å². The summed E-state index contributed by atoms with van der Waals surface area (Å²) in [7, 11) is 3.32. The number of phenols is 1. The number of anilines is 1. The average Bonchev–Trinajstić information content (AvgIpc) is 3.00. The summed E-state index contributed by atoms with van der Waals surface area (Å²) in [6, 6.07) is 15.2. The lowest BCUT2D eigenvalue weighted by Gasteiger charge is -2.32. The van der Waals surface area contributed by atoms with Crippen molar-refractivity contribution in [3.63, 3.8) is 0 Å². The van der Waals surface area contributed by atoms with Crippen LogP contribution in [0.5, 0.6) is 23.0 Å². The van der Waals surface area contributed by atoms with Crippen LogP contribution in [0.25, 0.3) is 0 Å². The Labute approximate surface area is 243 Å². The van der Waals surface area contributed by atoms with E-state index < -0.39 is 0 Å². The number of fused-ring (bicyclic) bond motifs is 1. The first-order chi connectivity index (χ1) is 20.0. The van der Waals surface area contributed by atoms with Gasteiger partial charge in [0.05, 0.1) is 14.2 Å². The second kappa shape index (κ2) is 13.5. The van der Waals surface area contributed by atoms with Gasteiger partial charge in [-0.3, -0.25) is 4.90 Å². The summed E-state index contributed by atoms with van der Waals surface area (Å²) < 4.78 is 32.3. The molecule has 5 rings (SSSR count). The molecule has 0 spiro atoms. The minimum Gasteiger partial charge on any atom is -0.508 e. The van der Waals surface area contributed by atoms with Crippen molar-refractivity contribution in [3.05, 3.63) is 76.6 Å². The molecule has 0 aromatic heterocycles. The van der Waals surface area contributed by atoms with Gasteiger partial charge in [0.15, 0.2) is 23.1 Å². The van der Waals surface area contributed by atoms with Gasteiger partial charge in [-0.15, -0.1) is 0 Å². The van der Waals surface area contributed by atoms with Crippen LogP contribution in [0.3, 0.4) is 0 Å². The molecule has 1 fully saturated rings. The van der Waals surface area contributed by atoms with Crippen LogP contribution < -0.4 is 19.1 Å². The number of hydrogen-bond acceptors (Lipinski definition) is 6. The highest BCUT2D eigenvalue weighted by Crippen LogP contribution is 2.43. The first-order valence-corrected chi connectivity index (χ1v) is 14.9. The molecule has 1 aliphatic heterocycles. The van der Waals surface area contributed by atoms with Gasteiger partial charge in [-0.05, 0) is 111 Å². The van der Waals surface area contributed by atoms with Crippen molar-refractivity contribution in [1.82, 2.24) is 4.90 Å². The fourth-order valence-corrected chi connectivity index (χ4v) is 6.31. The maximum atomic E-state index is 15.1. The van der Waals surface area contributed by atoms with Crippen LogP contribution in [0.1, 0.15) is 60.8 Å². The highest BCUT2D eigenvalue weighted by Gasteiger charge is 2.26. The summed E-state index contributed by atoms with van der Waals surface area (Å²) in [6.45, 7) is 6.96. The molecule has 1 aliphatic carbocycles. The monoisotopic (exact) mass is 562 g/mol. The molecule has 1 unspecified atom stereocenters. The predicted octanol–water partition coefficient (Wildman–Crippen LogP) is 6.71. The van der Waals surface area contributed by atoms with E-state index in [1.807, 2.05) is 18.2 Å². The molecule has 1 N–H and O–H groups in total. The highest BCUT2D eigenvalue weighted by atomic mass is 19.1. The van der Waals surface area contributed by atoms with Gasteiger partial charge in [-0.25, -0.2) is 4.39 Å². The van der Waals surface area contributed by atoms with Gasteiger partial charge >= 0.3 is 0 Å². The number of aromatic hydroxyl groups is 1. The van der Waals surface area contributed by atoms with Crippen LogP contribution in [0.2, 0.25) is 0 Å². The number of hydrogen-bond donors (Lipinski definition) is 1. The van der Waals surface area contributed by atoms with Crippen LogP contribution in [0.15, 0.2) is 48.5 Å². The third kappa shape index (κ3) is 6.89. The second-order valence-corrected chi connectivity index (χ2v) is 11.2. The van der Waals surface area contributed by atoms with E-state index in [2.05, 4.69) is 28.9 Å². The van der Waals surface area contributed by atoms with E-state index in [0.717, 1.165) is 56.7 Å². The molecular weight excluding hydrogens is 519 g/mol. The SMILES string of the molecule is CCN(Cc1ccc(OCCN2CCCCC2)c(F)c1)c1cc(OC)c(OC)cc1C1CCc2cc(O)ccc2C1. The minimum absolute atomic E-state index is 0.281. The van der Waals surface area contributed by atoms with Gasteiger partial charge in [0, 0.05) is 31.4 Å². The zero-order chi connectivity index (χ0) is 28.8. The Balaban J connectivity index is 1.35. The largest absolute Gasteiger partial charge is 0.508 e. The number of aryl methyl sites for hydroxylation is 1. The summed E-state index contributed by atoms with van der Waals surface area (Å²) in [5, 5.41) is 9.95. The Morgan fingerprint density at radius 3 is 2.44 bits per heavy atom. The number of phenolic OH excluding ortho intramolecular Hbond substituents is 1. The number of rotatable bonds is 11. The summed E-state index contributed by atoms with van der Waals surface area (Å²) in [5.41, 5.74) is 5.63. The number of ether oxygens (including phenoxy) is 3. The number of halogens is 1. The summed E-state index contributed by atoms with van der Waals surface area (Å²) in [4.78, 5) is 4.67. The number of methoxy groups -OCH3 is 2. The second-order valence-electron chi connectivity index (χ2n) is 11.2. The van der Waals surface area contributed by atoms with Crippen molar-refractivity contribution in [2.24, 2.45) is 0 Å². The Morgan fingerprint density at radius 2 is 1.71 bits per heavy atom. The zero-order valence-electron chi connectivity index (χ0n) is 24.6. The van der Waals surface area contributed by atoms with Crippen LogP contribution in [0.4, 0.5) is 10.1 Å². The Bertz CT molecular complexity index is 1320. The topological polar surface area (TPSA) is 54.4 Å². The number of nitrogens with zero attached hydrogens (tertiary/aromatic N) is 2.